The largest absolute Gasteiger partial charge is 0.134 e. The van der Waals surface area contributed by atoms with Gasteiger partial charge in [0.15, 0.2) is 0 Å². The minimum atomic E-state index is 0.882. The monoisotopic (exact) mass is 114 g/mol. The van der Waals surface area contributed by atoms with Crippen LogP contribution in [0.15, 0.2) is 11.5 Å². The van der Waals surface area contributed by atoms with Crippen molar-refractivity contribution in [2.24, 2.45) is 0 Å². The molecule has 0 unspecified atom stereocenters. The molecule has 0 aliphatic carbocycles. The van der Waals surface area contributed by atoms with Gasteiger partial charge in [0, 0.05) is 0 Å². The Morgan fingerprint density at radius 1 is 1.43 bits per heavy atom. The highest BCUT2D eigenvalue weighted by atomic mass is 32.2. The van der Waals surface area contributed by atoms with E-state index in [1.165, 1.54) is 0 Å². The average molecular weight is 114 g/mol. The van der Waals surface area contributed by atoms with Crippen LogP contribution in [0.25, 0.3) is 0 Å². The van der Waals surface area contributed by atoms with E-state index in [0.29, 0.717) is 0 Å². The molecule has 0 atom stereocenters. The summed E-state index contributed by atoms with van der Waals surface area (Å²) in [5.41, 5.74) is 0. The summed E-state index contributed by atoms with van der Waals surface area (Å²) in [5, 5.41) is 2.03. The maximum atomic E-state index is 3.65. The van der Waals surface area contributed by atoms with Crippen molar-refractivity contribution < 1.29 is 0 Å². The molecule has 0 aromatic rings. The number of hydrogen-bond acceptors (Lipinski definition) is 1. The van der Waals surface area contributed by atoms with E-state index < -0.39 is 0 Å². The van der Waals surface area contributed by atoms with Crippen molar-refractivity contribution in [3.63, 3.8) is 0 Å². The zero-order valence-electron chi connectivity index (χ0n) is 4.39. The zero-order valence-corrected chi connectivity index (χ0v) is 5.21. The Hall–Kier alpha value is 0.0900. The summed E-state index contributed by atoms with van der Waals surface area (Å²) >= 11 is 1.70. The molecule has 0 rings (SSSR count). The van der Waals surface area contributed by atoms with Gasteiger partial charge in [-0.1, -0.05) is 6.08 Å². The van der Waals surface area contributed by atoms with Crippen LogP contribution in [0.2, 0.25) is 0 Å². The third kappa shape index (κ3) is 6.09. The van der Waals surface area contributed by atoms with Crippen molar-refractivity contribution in [2.75, 3.05) is 5.75 Å². The van der Waals surface area contributed by atoms with Crippen LogP contribution >= 0.6 is 11.8 Å². The maximum Gasteiger partial charge on any atom is -0.00258 e. The SMILES string of the molecule is [CH2]CC=CSC[CH2]. The molecule has 2 radical (unpaired) electrons. The fourth-order valence-corrected chi connectivity index (χ4v) is 0.612. The van der Waals surface area contributed by atoms with Crippen LogP contribution in [0.1, 0.15) is 6.42 Å². The van der Waals surface area contributed by atoms with Gasteiger partial charge in [-0.3, -0.25) is 0 Å². The molecule has 0 amide bonds. The third-order valence-corrected chi connectivity index (χ3v) is 1.10. The Morgan fingerprint density at radius 2 is 2.14 bits per heavy atom. The van der Waals surface area contributed by atoms with Crippen LogP contribution in [0.3, 0.4) is 0 Å². The highest BCUT2D eigenvalue weighted by Crippen LogP contribution is 1.99. The summed E-state index contributed by atoms with van der Waals surface area (Å²) < 4.78 is 0. The lowest BCUT2D eigenvalue weighted by atomic mass is 10.5. The van der Waals surface area contributed by atoms with Gasteiger partial charge in [0.2, 0.25) is 0 Å². The van der Waals surface area contributed by atoms with E-state index in [-0.39, 0.29) is 0 Å². The van der Waals surface area contributed by atoms with Gasteiger partial charge in [-0.2, -0.15) is 0 Å². The van der Waals surface area contributed by atoms with Gasteiger partial charge >= 0.3 is 0 Å². The third-order valence-electron chi connectivity index (χ3n) is 0.477. The van der Waals surface area contributed by atoms with Crippen molar-refractivity contribution in [3.05, 3.63) is 25.3 Å². The molecule has 0 aliphatic heterocycles. The van der Waals surface area contributed by atoms with E-state index >= 15 is 0 Å². The van der Waals surface area contributed by atoms with Gasteiger partial charge in [0.1, 0.15) is 0 Å². The molecule has 0 nitrogen and oxygen atoms in total. The molecule has 1 heteroatoms. The Labute approximate surface area is 50.0 Å². The Bertz CT molecular complexity index is 48.1. The summed E-state index contributed by atoms with van der Waals surface area (Å²) in [4.78, 5) is 0. The van der Waals surface area contributed by atoms with E-state index in [1.807, 2.05) is 11.5 Å². The molecule has 0 aliphatic rings. The lowest BCUT2D eigenvalue weighted by molar-refractivity contribution is 1.41. The quantitative estimate of drug-likeness (QED) is 0.542. The molecule has 0 aromatic heterocycles. The first-order valence-electron chi connectivity index (χ1n) is 2.27. The van der Waals surface area contributed by atoms with Gasteiger partial charge in [0.05, 0.1) is 0 Å². The smallest absolute Gasteiger partial charge is 0.00258 e. The number of allylic oxidation sites excluding steroid dienone is 1. The first kappa shape index (κ1) is 7.09. The summed E-state index contributed by atoms with van der Waals surface area (Å²) in [7, 11) is 0. The van der Waals surface area contributed by atoms with E-state index in [1.54, 1.807) is 11.8 Å². The summed E-state index contributed by atoms with van der Waals surface area (Å²) in [5.74, 6) is 0.913. The Balaban J connectivity index is 2.78. The number of hydrogen-bond donors (Lipinski definition) is 0. The summed E-state index contributed by atoms with van der Waals surface area (Å²) in [6.45, 7) is 7.29. The zero-order chi connectivity index (χ0) is 5.54. The minimum Gasteiger partial charge on any atom is -0.134 e. The van der Waals surface area contributed by atoms with Crippen molar-refractivity contribution >= 4 is 11.8 Å². The normalized spacial score (nSPS) is 10.6. The molecule has 0 N–H and O–H groups in total. The van der Waals surface area contributed by atoms with E-state index in [9.17, 15) is 0 Å². The van der Waals surface area contributed by atoms with E-state index in [0.717, 1.165) is 12.2 Å². The Morgan fingerprint density at radius 3 is 2.57 bits per heavy atom. The van der Waals surface area contributed by atoms with E-state index in [2.05, 4.69) is 13.8 Å². The lowest BCUT2D eigenvalue weighted by Gasteiger charge is -1.79. The molecule has 0 fully saturated rings. The van der Waals surface area contributed by atoms with Crippen LogP contribution in [0.5, 0.6) is 0 Å². The highest BCUT2D eigenvalue weighted by molar-refractivity contribution is 8.02. The molecule has 7 heavy (non-hydrogen) atoms. The van der Waals surface area contributed by atoms with Gasteiger partial charge in [-0.05, 0) is 31.4 Å². The van der Waals surface area contributed by atoms with Crippen LogP contribution in [-0.2, 0) is 0 Å². The number of thioether (sulfide) groups is 1. The molecular formula is C6H10S. The summed E-state index contributed by atoms with van der Waals surface area (Å²) in [6.07, 6.45) is 2.91. The van der Waals surface area contributed by atoms with Crippen LogP contribution in [-0.4, -0.2) is 5.75 Å². The van der Waals surface area contributed by atoms with Crippen molar-refractivity contribution in [1.29, 1.82) is 0 Å². The van der Waals surface area contributed by atoms with Crippen LogP contribution in [0.4, 0.5) is 0 Å². The minimum absolute atomic E-state index is 0.882. The van der Waals surface area contributed by atoms with Gasteiger partial charge in [0.25, 0.3) is 0 Å². The molecular weight excluding hydrogens is 104 g/mol. The molecule has 0 spiro atoms. The van der Waals surface area contributed by atoms with E-state index in [4.69, 9.17) is 0 Å². The molecule has 0 bridgehead atoms. The van der Waals surface area contributed by atoms with Crippen LogP contribution in [0, 0.1) is 13.8 Å². The maximum absolute atomic E-state index is 3.65. The second-order valence-corrected chi connectivity index (χ2v) is 2.04. The standard InChI is InChI=1S/C6H10S/c1-3-5-6-7-4-2/h5-6H,1-4H2. The molecule has 0 aromatic carbocycles. The fraction of sp³-hybridized carbons (Fsp3) is 0.333. The fourth-order valence-electron chi connectivity index (χ4n) is 0.204. The van der Waals surface area contributed by atoms with Crippen LogP contribution < -0.4 is 0 Å². The highest BCUT2D eigenvalue weighted by Gasteiger charge is 1.68. The second kappa shape index (κ2) is 6.09. The Kier molecular flexibility index (Phi) is 6.17. The predicted molar refractivity (Wildman–Crippen MR) is 36.9 cm³/mol. The van der Waals surface area contributed by atoms with Gasteiger partial charge < -0.3 is 0 Å². The van der Waals surface area contributed by atoms with Gasteiger partial charge in [-0.15, -0.1) is 11.8 Å². The topological polar surface area (TPSA) is 0 Å². The average Bonchev–Trinajstić information content (AvgIpc) is 1.69. The molecule has 0 saturated heterocycles. The molecule has 40 valence electrons. The van der Waals surface area contributed by atoms with Crippen molar-refractivity contribution in [3.8, 4) is 0 Å². The molecule has 0 saturated carbocycles. The first-order valence-corrected chi connectivity index (χ1v) is 3.31. The lowest BCUT2D eigenvalue weighted by Crippen LogP contribution is -1.57. The molecule has 0 heterocycles. The number of rotatable bonds is 3. The first-order chi connectivity index (χ1) is 3.41. The van der Waals surface area contributed by atoms with Crippen molar-refractivity contribution in [1.82, 2.24) is 0 Å². The summed E-state index contributed by atoms with van der Waals surface area (Å²) in [6, 6.07) is 0. The second-order valence-electron chi connectivity index (χ2n) is 1.03. The van der Waals surface area contributed by atoms with Gasteiger partial charge in [-0.25, -0.2) is 0 Å². The predicted octanol–water partition coefficient (Wildman–Crippen LogP) is 2.29. The van der Waals surface area contributed by atoms with Crippen molar-refractivity contribution in [2.45, 2.75) is 6.42 Å².